The topological polar surface area (TPSA) is 63.5 Å². The van der Waals surface area contributed by atoms with Crippen LogP contribution < -0.4 is 10.6 Å². The van der Waals surface area contributed by atoms with E-state index >= 15 is 0 Å². The van der Waals surface area contributed by atoms with E-state index in [1.165, 1.54) is 37.6 Å². The normalized spacial score (nSPS) is 27.9. The fourth-order valence-electron chi connectivity index (χ4n) is 6.17. The zero-order valence-corrected chi connectivity index (χ0v) is 17.7. The number of fused-ring (bicyclic) bond motifs is 3. The van der Waals surface area contributed by atoms with Gasteiger partial charge in [-0.05, 0) is 44.7 Å². The van der Waals surface area contributed by atoms with E-state index in [0.29, 0.717) is 23.5 Å². The van der Waals surface area contributed by atoms with Crippen LogP contribution in [-0.2, 0) is 11.3 Å². The first kappa shape index (κ1) is 18.9. The number of nitrogens with zero attached hydrogens (tertiary/aromatic N) is 3. The molecule has 5 rings (SSSR count). The van der Waals surface area contributed by atoms with E-state index in [4.69, 9.17) is 4.74 Å². The summed E-state index contributed by atoms with van der Waals surface area (Å²) in [4.78, 5) is 9.18. The number of aryl methyl sites for hydroxylation is 2. The van der Waals surface area contributed by atoms with E-state index in [-0.39, 0.29) is 0 Å². The lowest BCUT2D eigenvalue weighted by atomic mass is 9.54. The monoisotopic (exact) mass is 395 g/mol. The maximum atomic E-state index is 6.11. The number of rotatable bonds is 5. The second-order valence-corrected chi connectivity index (χ2v) is 8.96. The van der Waals surface area contributed by atoms with Crippen LogP contribution in [0.4, 0.5) is 0 Å². The zero-order chi connectivity index (χ0) is 19.8. The Morgan fingerprint density at radius 2 is 2.14 bits per heavy atom. The van der Waals surface area contributed by atoms with Crippen molar-refractivity contribution < 1.29 is 4.74 Å². The van der Waals surface area contributed by atoms with E-state index in [2.05, 4.69) is 50.3 Å². The minimum atomic E-state index is 0.353. The number of benzene rings is 1. The van der Waals surface area contributed by atoms with Gasteiger partial charge >= 0.3 is 0 Å². The Morgan fingerprint density at radius 3 is 2.97 bits per heavy atom. The van der Waals surface area contributed by atoms with E-state index in [9.17, 15) is 0 Å². The molecule has 2 aliphatic carbocycles. The van der Waals surface area contributed by atoms with E-state index in [0.717, 1.165) is 43.4 Å². The number of guanidine groups is 1. The van der Waals surface area contributed by atoms with E-state index < -0.39 is 0 Å². The number of imidazole rings is 1. The first-order chi connectivity index (χ1) is 14.2. The Labute approximate surface area is 173 Å². The number of hydrogen-bond donors (Lipinski definition) is 2. The first-order valence-corrected chi connectivity index (χ1v) is 11.2. The summed E-state index contributed by atoms with van der Waals surface area (Å²) in [7, 11) is 1.88. The lowest BCUT2D eigenvalue weighted by molar-refractivity contribution is -0.125. The van der Waals surface area contributed by atoms with Crippen molar-refractivity contribution in [1.29, 1.82) is 0 Å². The van der Waals surface area contributed by atoms with Gasteiger partial charge in [-0.1, -0.05) is 25.0 Å². The lowest BCUT2D eigenvalue weighted by Crippen LogP contribution is -2.69. The fourth-order valence-corrected chi connectivity index (χ4v) is 6.17. The van der Waals surface area contributed by atoms with Crippen molar-refractivity contribution in [3.8, 4) is 0 Å². The molecule has 29 heavy (non-hydrogen) atoms. The summed E-state index contributed by atoms with van der Waals surface area (Å²) in [5.41, 5.74) is 2.65. The molecule has 0 bridgehead atoms. The summed E-state index contributed by atoms with van der Waals surface area (Å²) >= 11 is 0. The molecule has 1 saturated heterocycles. The van der Waals surface area contributed by atoms with Gasteiger partial charge in [0.05, 0.1) is 17.1 Å². The third-order valence-corrected chi connectivity index (χ3v) is 7.50. The Hall–Kier alpha value is -2.08. The van der Waals surface area contributed by atoms with Crippen molar-refractivity contribution in [3.63, 3.8) is 0 Å². The third-order valence-electron chi connectivity index (χ3n) is 7.50. The zero-order valence-electron chi connectivity index (χ0n) is 17.7. The number of hydrogen-bond acceptors (Lipinski definition) is 3. The molecule has 1 aromatic heterocycles. The predicted molar refractivity (Wildman–Crippen MR) is 116 cm³/mol. The lowest BCUT2D eigenvalue weighted by Gasteiger charge is -2.57. The summed E-state index contributed by atoms with van der Waals surface area (Å²) in [5.74, 6) is 2.68. The van der Waals surface area contributed by atoms with Crippen molar-refractivity contribution in [2.45, 2.75) is 64.1 Å². The van der Waals surface area contributed by atoms with E-state index in [1.807, 2.05) is 13.1 Å². The van der Waals surface area contributed by atoms with Gasteiger partial charge in [0.15, 0.2) is 5.96 Å². The van der Waals surface area contributed by atoms with Crippen LogP contribution in [0.5, 0.6) is 0 Å². The van der Waals surface area contributed by atoms with E-state index in [1.54, 1.807) is 0 Å². The van der Waals surface area contributed by atoms with Crippen LogP contribution in [0.25, 0.3) is 11.0 Å². The van der Waals surface area contributed by atoms with Gasteiger partial charge in [0, 0.05) is 44.1 Å². The standard InChI is InChI=1S/C23H33N5O/c1-16-26-18-8-3-4-9-19(18)28(16)14-7-13-25-22(24-2)27-20-17-10-15-29-21(17)23(20)11-5-6-12-23/h3-4,8-9,17,20-21H,5-7,10-15H2,1-2H3,(H2,24,25,27). The largest absolute Gasteiger partial charge is 0.377 e. The Bertz CT molecular complexity index is 898. The molecule has 2 heterocycles. The highest BCUT2D eigenvalue weighted by Crippen LogP contribution is 2.60. The maximum absolute atomic E-state index is 6.11. The number of ether oxygens (including phenoxy) is 1. The van der Waals surface area contributed by atoms with Gasteiger partial charge in [-0.15, -0.1) is 0 Å². The molecular weight excluding hydrogens is 362 g/mol. The first-order valence-electron chi connectivity index (χ1n) is 11.2. The van der Waals surface area contributed by atoms with Gasteiger partial charge in [0.2, 0.25) is 0 Å². The molecule has 6 nitrogen and oxygen atoms in total. The van der Waals surface area contributed by atoms with Crippen molar-refractivity contribution in [3.05, 3.63) is 30.1 Å². The molecule has 3 atom stereocenters. The van der Waals surface area contributed by atoms with Gasteiger partial charge < -0.3 is 19.9 Å². The quantitative estimate of drug-likeness (QED) is 0.463. The Kier molecular flexibility index (Phi) is 4.98. The highest BCUT2D eigenvalue weighted by atomic mass is 16.5. The molecule has 156 valence electrons. The Morgan fingerprint density at radius 1 is 1.31 bits per heavy atom. The molecule has 0 radical (unpaired) electrons. The van der Waals surface area contributed by atoms with Crippen molar-refractivity contribution in [2.24, 2.45) is 16.3 Å². The highest BCUT2D eigenvalue weighted by molar-refractivity contribution is 5.80. The molecule has 1 aliphatic heterocycles. The van der Waals surface area contributed by atoms with Crippen LogP contribution in [0.1, 0.15) is 44.3 Å². The van der Waals surface area contributed by atoms with Gasteiger partial charge in [-0.25, -0.2) is 4.98 Å². The molecule has 0 amide bonds. The van der Waals surface area contributed by atoms with Gasteiger partial charge in [0.1, 0.15) is 5.82 Å². The highest BCUT2D eigenvalue weighted by Gasteiger charge is 2.65. The molecular formula is C23H33N5O. The molecule has 3 fully saturated rings. The number of aliphatic imine (C=N–C) groups is 1. The minimum Gasteiger partial charge on any atom is -0.377 e. The van der Waals surface area contributed by atoms with Crippen LogP contribution >= 0.6 is 0 Å². The maximum Gasteiger partial charge on any atom is 0.191 e. The van der Waals surface area contributed by atoms with Gasteiger partial charge in [-0.2, -0.15) is 0 Å². The van der Waals surface area contributed by atoms with Gasteiger partial charge in [0.25, 0.3) is 0 Å². The van der Waals surface area contributed by atoms with Crippen LogP contribution in [-0.4, -0.2) is 47.9 Å². The fraction of sp³-hybridized carbons (Fsp3) is 0.652. The second kappa shape index (κ2) is 7.63. The molecule has 3 aliphatic rings. The second-order valence-electron chi connectivity index (χ2n) is 8.96. The Balaban J connectivity index is 1.17. The molecule has 1 spiro atoms. The molecule has 6 heteroatoms. The molecule has 2 N–H and O–H groups in total. The smallest absolute Gasteiger partial charge is 0.191 e. The summed E-state index contributed by atoms with van der Waals surface area (Å²) < 4.78 is 8.42. The molecule has 2 saturated carbocycles. The van der Waals surface area contributed by atoms with Gasteiger partial charge in [-0.3, -0.25) is 4.99 Å². The molecule has 3 unspecified atom stereocenters. The number of nitrogens with one attached hydrogen (secondary N) is 2. The molecule has 1 aromatic carbocycles. The number of aromatic nitrogens is 2. The summed E-state index contributed by atoms with van der Waals surface area (Å²) in [5, 5.41) is 7.33. The van der Waals surface area contributed by atoms with Crippen LogP contribution in [0, 0.1) is 18.3 Å². The predicted octanol–water partition coefficient (Wildman–Crippen LogP) is 3.25. The van der Waals surface area contributed by atoms with Crippen molar-refractivity contribution >= 4 is 17.0 Å². The van der Waals surface area contributed by atoms with Crippen molar-refractivity contribution in [1.82, 2.24) is 20.2 Å². The van der Waals surface area contributed by atoms with Crippen LogP contribution in [0.3, 0.4) is 0 Å². The third kappa shape index (κ3) is 3.12. The summed E-state index contributed by atoms with van der Waals surface area (Å²) in [6.07, 6.45) is 7.99. The number of para-hydroxylation sites is 2. The van der Waals surface area contributed by atoms with Crippen LogP contribution in [0.15, 0.2) is 29.3 Å². The summed E-state index contributed by atoms with van der Waals surface area (Å²) in [6.45, 7) is 4.88. The average molecular weight is 396 g/mol. The SMILES string of the molecule is CN=C(NCCCn1c(C)nc2ccccc21)NC1C2CCOC2C12CCCC2. The molecule has 2 aromatic rings. The average Bonchev–Trinajstić information content (AvgIpc) is 3.45. The van der Waals surface area contributed by atoms with Crippen molar-refractivity contribution in [2.75, 3.05) is 20.2 Å². The van der Waals surface area contributed by atoms with Crippen LogP contribution in [0.2, 0.25) is 0 Å². The minimum absolute atomic E-state index is 0.353. The summed E-state index contributed by atoms with van der Waals surface area (Å²) in [6, 6.07) is 8.89.